The minimum Gasteiger partial charge on any atom is -0.507 e. The van der Waals surface area contributed by atoms with Crippen molar-refractivity contribution in [2.75, 3.05) is 14.2 Å². The number of carbonyl (C=O) groups is 2. The lowest BCUT2D eigenvalue weighted by molar-refractivity contribution is -0.149. The molecule has 0 bridgehead atoms. The summed E-state index contributed by atoms with van der Waals surface area (Å²) in [5.74, 6) is -0.884. The van der Waals surface area contributed by atoms with E-state index in [4.69, 9.17) is 24.1 Å². The van der Waals surface area contributed by atoms with Crippen molar-refractivity contribution in [1.29, 1.82) is 0 Å². The Balaban J connectivity index is 0.000000232. The summed E-state index contributed by atoms with van der Waals surface area (Å²) < 4.78 is 105. The van der Waals surface area contributed by atoms with Crippen LogP contribution < -0.4 is 4.74 Å². The smallest absolute Gasteiger partial charge is 0.437 e. The SMILES string of the molecule is CCCc1cc2c(C(F)(F)F)noc2c(CCC)c1O.CCCc1cc2c(C(F)(F)F)noc2c(CCC)c1OC(C(=O)OC)c1ccccc1.COC(=O)C(=[N+]=[N-])c1ccccc1. The third-order valence-corrected chi connectivity index (χ3v) is 9.65. The first-order chi connectivity index (χ1) is 30.5. The van der Waals surface area contributed by atoms with Crippen molar-refractivity contribution >= 4 is 39.6 Å². The molecule has 0 aliphatic rings. The van der Waals surface area contributed by atoms with Gasteiger partial charge in [-0.25, -0.2) is 9.59 Å². The molecule has 1 atom stereocenters. The van der Waals surface area contributed by atoms with E-state index in [2.05, 4.69) is 19.8 Å². The first kappa shape index (κ1) is 50.0. The molecule has 6 rings (SSSR count). The van der Waals surface area contributed by atoms with Crippen LogP contribution in [0.3, 0.4) is 0 Å². The Morgan fingerprint density at radius 2 is 1.17 bits per heavy atom. The van der Waals surface area contributed by atoms with E-state index < -0.39 is 41.8 Å². The fourth-order valence-corrected chi connectivity index (χ4v) is 6.82. The van der Waals surface area contributed by atoms with Crippen molar-refractivity contribution in [2.24, 2.45) is 0 Å². The molecule has 2 aromatic heterocycles. The summed E-state index contributed by atoms with van der Waals surface area (Å²) >= 11 is 0. The molecular formula is C46H48F6N4O8. The predicted octanol–water partition coefficient (Wildman–Crippen LogP) is 11.4. The van der Waals surface area contributed by atoms with E-state index in [1.54, 1.807) is 54.6 Å². The van der Waals surface area contributed by atoms with Crippen LogP contribution in [0.5, 0.6) is 11.5 Å². The number of ether oxygens (including phenoxy) is 3. The summed E-state index contributed by atoms with van der Waals surface area (Å²) in [5.41, 5.74) is 9.52. The lowest BCUT2D eigenvalue weighted by atomic mass is 9.97. The number of aromatic nitrogens is 2. The quantitative estimate of drug-likeness (QED) is 0.0365. The Morgan fingerprint density at radius 1 is 0.703 bits per heavy atom. The van der Waals surface area contributed by atoms with E-state index in [0.717, 1.165) is 6.42 Å². The van der Waals surface area contributed by atoms with Crippen LogP contribution in [0.2, 0.25) is 0 Å². The van der Waals surface area contributed by atoms with E-state index in [1.807, 2.05) is 33.8 Å². The normalized spacial score (nSPS) is 11.8. The average Bonchev–Trinajstić information content (AvgIpc) is 3.92. The number of phenols is 1. The van der Waals surface area contributed by atoms with Crippen molar-refractivity contribution in [3.8, 4) is 11.5 Å². The number of aromatic hydroxyl groups is 1. The van der Waals surface area contributed by atoms with Gasteiger partial charge in [-0.05, 0) is 61.1 Å². The zero-order chi connectivity index (χ0) is 47.2. The van der Waals surface area contributed by atoms with Crippen LogP contribution in [-0.2, 0) is 57.1 Å². The van der Waals surface area contributed by atoms with Gasteiger partial charge in [0.05, 0.1) is 30.6 Å². The van der Waals surface area contributed by atoms with Crippen molar-refractivity contribution in [2.45, 2.75) is 97.5 Å². The zero-order valence-corrected chi connectivity index (χ0v) is 36.0. The molecule has 0 radical (unpaired) electrons. The van der Waals surface area contributed by atoms with Crippen LogP contribution in [0.4, 0.5) is 26.3 Å². The Bertz CT molecular complexity index is 2550. The van der Waals surface area contributed by atoms with E-state index >= 15 is 0 Å². The Kier molecular flexibility index (Phi) is 17.6. The second-order valence-electron chi connectivity index (χ2n) is 14.3. The van der Waals surface area contributed by atoms with Gasteiger partial charge in [0, 0.05) is 16.7 Å². The number of phenolic OH excluding ortho intramolecular Hbond substituents is 1. The van der Waals surface area contributed by atoms with Crippen molar-refractivity contribution in [3.05, 3.63) is 123 Å². The number of fused-ring (bicyclic) bond motifs is 2. The van der Waals surface area contributed by atoms with Gasteiger partial charge in [-0.3, -0.25) is 0 Å². The van der Waals surface area contributed by atoms with Crippen LogP contribution in [0.25, 0.3) is 27.5 Å². The molecule has 0 fully saturated rings. The largest absolute Gasteiger partial charge is 0.507 e. The van der Waals surface area contributed by atoms with Crippen LogP contribution in [0.1, 0.15) is 104 Å². The number of aryl methyl sites for hydroxylation is 4. The van der Waals surface area contributed by atoms with Gasteiger partial charge in [-0.15, -0.1) is 0 Å². The van der Waals surface area contributed by atoms with E-state index in [-0.39, 0.29) is 33.4 Å². The number of carbonyl (C=O) groups excluding carboxylic acids is 2. The maximum Gasteiger partial charge on any atom is 0.437 e. The highest BCUT2D eigenvalue weighted by Gasteiger charge is 2.40. The number of rotatable bonds is 14. The highest BCUT2D eigenvalue weighted by atomic mass is 19.4. The molecule has 0 spiro atoms. The second kappa shape index (κ2) is 22.6. The van der Waals surface area contributed by atoms with Gasteiger partial charge in [0.1, 0.15) is 11.5 Å². The summed E-state index contributed by atoms with van der Waals surface area (Å²) in [6.07, 6.45) is -5.70. The minimum atomic E-state index is -4.64. The van der Waals surface area contributed by atoms with Crippen LogP contribution in [-0.4, -0.2) is 52.1 Å². The molecule has 0 saturated carbocycles. The molecule has 6 aromatic rings. The molecule has 4 aromatic carbocycles. The molecule has 0 amide bonds. The zero-order valence-electron chi connectivity index (χ0n) is 36.0. The number of nitrogens with zero attached hydrogens (tertiary/aromatic N) is 4. The summed E-state index contributed by atoms with van der Waals surface area (Å²) in [6.45, 7) is 7.61. The van der Waals surface area contributed by atoms with Gasteiger partial charge in [-0.1, -0.05) is 112 Å². The van der Waals surface area contributed by atoms with E-state index in [1.165, 1.54) is 26.4 Å². The summed E-state index contributed by atoms with van der Waals surface area (Å²) in [7, 11) is 2.49. The van der Waals surface area contributed by atoms with Crippen LogP contribution >= 0.6 is 0 Å². The minimum absolute atomic E-state index is 0.0284. The number of methoxy groups -OCH3 is 2. The highest BCUT2D eigenvalue weighted by Crippen LogP contribution is 2.43. The van der Waals surface area contributed by atoms with Gasteiger partial charge in [0.2, 0.25) is 6.10 Å². The molecule has 342 valence electrons. The summed E-state index contributed by atoms with van der Waals surface area (Å²) in [4.78, 5) is 26.4. The van der Waals surface area contributed by atoms with Gasteiger partial charge >= 0.3 is 30.0 Å². The Morgan fingerprint density at radius 3 is 1.64 bits per heavy atom. The number of halogens is 6. The van der Waals surface area contributed by atoms with Gasteiger partial charge in [-0.2, -0.15) is 31.1 Å². The third-order valence-electron chi connectivity index (χ3n) is 9.65. The molecule has 2 heterocycles. The summed E-state index contributed by atoms with van der Waals surface area (Å²) in [5, 5.41) is 16.5. The lowest BCUT2D eigenvalue weighted by Crippen LogP contribution is -2.21. The molecule has 1 N–H and O–H groups in total. The monoisotopic (exact) mass is 898 g/mol. The second-order valence-corrected chi connectivity index (χ2v) is 14.3. The van der Waals surface area contributed by atoms with Crippen molar-refractivity contribution in [3.63, 3.8) is 0 Å². The number of hydrogen-bond acceptors (Lipinski definition) is 10. The van der Waals surface area contributed by atoms with Crippen LogP contribution in [0, 0.1) is 0 Å². The molecule has 0 saturated heterocycles. The first-order valence-corrected chi connectivity index (χ1v) is 20.4. The van der Waals surface area contributed by atoms with Crippen molar-refractivity contribution in [1.82, 2.24) is 10.3 Å². The number of benzene rings is 4. The van der Waals surface area contributed by atoms with E-state index in [9.17, 15) is 41.0 Å². The van der Waals surface area contributed by atoms with Crippen LogP contribution in [0.15, 0.2) is 81.8 Å². The molecule has 0 aliphatic carbocycles. The predicted molar refractivity (Wildman–Crippen MR) is 224 cm³/mol. The van der Waals surface area contributed by atoms with Crippen molar-refractivity contribution < 1.29 is 69.1 Å². The molecule has 18 heteroatoms. The third kappa shape index (κ3) is 11.9. The fraction of sp³-hybridized carbons (Fsp3) is 0.370. The molecule has 1 unspecified atom stereocenters. The lowest BCUT2D eigenvalue weighted by Gasteiger charge is -2.22. The first-order valence-electron chi connectivity index (χ1n) is 20.4. The molecule has 64 heavy (non-hydrogen) atoms. The standard InChI is InChI=1S/C23H24F3NO4.C14H16F3NO2.C9H8N2O2/c1-4-9-15-13-17-20(31-27-21(17)23(24,25)26)16(10-5-2)18(15)30-19(22(28)29-3)14-11-7-6-8-12-14;1-3-5-8-7-10-12(9(6-4-2)11(8)19)20-18-13(10)14(15,16)17;1-13-9(12)8(11-10)7-5-3-2-4-6-7/h6-8,11-13,19H,4-5,9-10H2,1-3H3;7,19H,3-6H2,1-2H3;2-6H,1H3. The van der Waals surface area contributed by atoms with Gasteiger partial charge in [0.25, 0.3) is 0 Å². The Labute approximate surface area is 364 Å². The molecule has 12 nitrogen and oxygen atoms in total. The average molecular weight is 899 g/mol. The number of esters is 2. The maximum absolute atomic E-state index is 13.5. The fourth-order valence-electron chi connectivity index (χ4n) is 6.82. The topological polar surface area (TPSA) is 171 Å². The van der Waals surface area contributed by atoms with E-state index in [0.29, 0.717) is 84.1 Å². The van der Waals surface area contributed by atoms with Gasteiger partial charge in [0.15, 0.2) is 22.6 Å². The van der Waals surface area contributed by atoms with Gasteiger partial charge < -0.3 is 33.9 Å². The maximum atomic E-state index is 13.5. The summed E-state index contributed by atoms with van der Waals surface area (Å²) in [6, 6.07) is 20.2. The number of alkyl halides is 6. The molecular weight excluding hydrogens is 851 g/mol. The Hall–Kier alpha value is -6.68. The number of hydrogen-bond donors (Lipinski definition) is 1. The highest BCUT2D eigenvalue weighted by molar-refractivity contribution is 6.40. The molecule has 0 aliphatic heterocycles.